The third-order valence-electron chi connectivity index (χ3n) is 3.61. The number of hydrogen-bond donors (Lipinski definition) is 2. The first-order valence-corrected chi connectivity index (χ1v) is 7.78. The summed E-state index contributed by atoms with van der Waals surface area (Å²) in [6, 6.07) is 0.0938. The monoisotopic (exact) mass is 312 g/mol. The van der Waals surface area contributed by atoms with Gasteiger partial charge in [-0.25, -0.2) is 0 Å². The summed E-state index contributed by atoms with van der Waals surface area (Å²) >= 11 is 1.10. The van der Waals surface area contributed by atoms with Gasteiger partial charge >= 0.3 is 4.87 Å². The van der Waals surface area contributed by atoms with Crippen LogP contribution in [0.25, 0.3) is 0 Å². The molecule has 1 aromatic heterocycles. The highest BCUT2D eigenvalue weighted by Crippen LogP contribution is 2.10. The standard InChI is InChI=1S/C13H20N4O3S/c1-9-8-21-13(20)17(9)7-12(19)15-10-2-4-16(5-3-10)6-11(14)18/h8,10H,2-7H2,1H3,(H2,14,18)(H,15,19). The van der Waals surface area contributed by atoms with Crippen molar-refractivity contribution in [2.75, 3.05) is 19.6 Å². The van der Waals surface area contributed by atoms with Crippen molar-refractivity contribution in [1.29, 1.82) is 0 Å². The molecule has 8 heteroatoms. The van der Waals surface area contributed by atoms with Gasteiger partial charge < -0.3 is 11.1 Å². The molecule has 0 unspecified atom stereocenters. The summed E-state index contributed by atoms with van der Waals surface area (Å²) in [7, 11) is 0. The first-order chi connectivity index (χ1) is 9.95. The number of thiazole rings is 1. The lowest BCUT2D eigenvalue weighted by molar-refractivity contribution is -0.123. The van der Waals surface area contributed by atoms with Crippen LogP contribution in [-0.4, -0.2) is 47.0 Å². The normalized spacial score (nSPS) is 16.8. The van der Waals surface area contributed by atoms with E-state index in [2.05, 4.69) is 5.32 Å². The summed E-state index contributed by atoms with van der Waals surface area (Å²) in [6.45, 7) is 3.63. The predicted molar refractivity (Wildman–Crippen MR) is 80.1 cm³/mol. The Bertz CT molecular complexity index is 572. The molecule has 1 aliphatic rings. The van der Waals surface area contributed by atoms with E-state index in [1.54, 1.807) is 5.38 Å². The van der Waals surface area contributed by atoms with Crippen LogP contribution in [0.1, 0.15) is 18.5 Å². The number of amides is 2. The van der Waals surface area contributed by atoms with Crippen molar-refractivity contribution in [3.05, 3.63) is 20.7 Å². The van der Waals surface area contributed by atoms with Gasteiger partial charge in [-0.05, 0) is 19.8 Å². The molecule has 0 atom stereocenters. The second-order valence-corrected chi connectivity index (χ2v) is 6.13. The van der Waals surface area contributed by atoms with Crippen LogP contribution < -0.4 is 15.9 Å². The number of likely N-dealkylation sites (tertiary alicyclic amines) is 1. The quantitative estimate of drug-likeness (QED) is 0.750. The first-order valence-electron chi connectivity index (χ1n) is 6.90. The van der Waals surface area contributed by atoms with Crippen molar-refractivity contribution in [1.82, 2.24) is 14.8 Å². The van der Waals surface area contributed by atoms with Crippen LogP contribution >= 0.6 is 11.3 Å². The van der Waals surface area contributed by atoms with E-state index in [1.165, 1.54) is 4.57 Å². The van der Waals surface area contributed by atoms with Gasteiger partial charge in [0.25, 0.3) is 0 Å². The minimum atomic E-state index is -0.329. The first kappa shape index (κ1) is 15.7. The smallest absolute Gasteiger partial charge is 0.307 e. The number of rotatable bonds is 5. The topological polar surface area (TPSA) is 97.4 Å². The van der Waals surface area contributed by atoms with Gasteiger partial charge in [-0.1, -0.05) is 11.3 Å². The van der Waals surface area contributed by atoms with E-state index in [0.29, 0.717) is 0 Å². The number of hydrogen-bond acceptors (Lipinski definition) is 5. The summed E-state index contributed by atoms with van der Waals surface area (Å²) in [4.78, 5) is 36.3. The molecule has 0 aromatic carbocycles. The number of piperidine rings is 1. The van der Waals surface area contributed by atoms with Crippen LogP contribution in [0.15, 0.2) is 10.2 Å². The minimum absolute atomic E-state index is 0.0651. The lowest BCUT2D eigenvalue weighted by Gasteiger charge is -2.31. The van der Waals surface area contributed by atoms with E-state index in [0.717, 1.165) is 43.0 Å². The number of nitrogens with zero attached hydrogens (tertiary/aromatic N) is 2. The molecule has 7 nitrogen and oxygen atoms in total. The Labute approximate surface area is 126 Å². The Hall–Kier alpha value is -1.67. The molecule has 1 aromatic rings. The van der Waals surface area contributed by atoms with Crippen LogP contribution in [-0.2, 0) is 16.1 Å². The molecule has 0 aliphatic carbocycles. The molecule has 2 amide bonds. The lowest BCUT2D eigenvalue weighted by atomic mass is 10.1. The average Bonchev–Trinajstić information content (AvgIpc) is 2.72. The molecule has 0 radical (unpaired) electrons. The van der Waals surface area contributed by atoms with Crippen LogP contribution in [0.4, 0.5) is 0 Å². The van der Waals surface area contributed by atoms with E-state index >= 15 is 0 Å². The number of primary amides is 1. The van der Waals surface area contributed by atoms with E-state index in [-0.39, 0.29) is 35.8 Å². The second kappa shape index (κ2) is 6.86. The summed E-state index contributed by atoms with van der Waals surface area (Å²) in [5, 5.41) is 4.70. The second-order valence-electron chi connectivity index (χ2n) is 5.31. The Morgan fingerprint density at radius 3 is 2.57 bits per heavy atom. The van der Waals surface area contributed by atoms with Gasteiger partial charge in [0.2, 0.25) is 11.8 Å². The third kappa shape index (κ3) is 4.40. The predicted octanol–water partition coefficient (Wildman–Crippen LogP) is -0.716. The van der Waals surface area contributed by atoms with E-state index in [4.69, 9.17) is 5.73 Å². The summed E-state index contributed by atoms with van der Waals surface area (Å²) in [5.41, 5.74) is 5.96. The van der Waals surface area contributed by atoms with Crippen molar-refractivity contribution < 1.29 is 9.59 Å². The zero-order chi connectivity index (χ0) is 15.4. The summed E-state index contributed by atoms with van der Waals surface area (Å²) in [5.74, 6) is -0.475. The van der Waals surface area contributed by atoms with Crippen LogP contribution in [0.3, 0.4) is 0 Å². The van der Waals surface area contributed by atoms with Gasteiger partial charge in [-0.15, -0.1) is 0 Å². The zero-order valence-electron chi connectivity index (χ0n) is 12.0. The number of aryl methyl sites for hydroxylation is 1. The van der Waals surface area contributed by atoms with Crippen molar-refractivity contribution >= 4 is 23.2 Å². The third-order valence-corrected chi connectivity index (χ3v) is 4.49. The van der Waals surface area contributed by atoms with Gasteiger partial charge in [-0.3, -0.25) is 23.9 Å². The highest BCUT2D eigenvalue weighted by Gasteiger charge is 2.21. The molecule has 1 saturated heterocycles. The van der Waals surface area contributed by atoms with Gasteiger partial charge in [0, 0.05) is 30.2 Å². The number of aromatic nitrogens is 1. The van der Waals surface area contributed by atoms with Gasteiger partial charge in [0.1, 0.15) is 6.54 Å². The molecular formula is C13H20N4O3S. The fourth-order valence-electron chi connectivity index (χ4n) is 2.47. The fourth-order valence-corrected chi connectivity index (χ4v) is 3.20. The number of nitrogens with one attached hydrogen (secondary N) is 1. The van der Waals surface area contributed by atoms with E-state index in [9.17, 15) is 14.4 Å². The van der Waals surface area contributed by atoms with E-state index < -0.39 is 0 Å². The Morgan fingerprint density at radius 2 is 2.05 bits per heavy atom. The molecule has 0 bridgehead atoms. The number of carbonyl (C=O) groups excluding carboxylic acids is 2. The van der Waals surface area contributed by atoms with Crippen LogP contribution in [0.2, 0.25) is 0 Å². The molecule has 116 valence electrons. The largest absolute Gasteiger partial charge is 0.369 e. The van der Waals surface area contributed by atoms with Crippen LogP contribution in [0.5, 0.6) is 0 Å². The van der Waals surface area contributed by atoms with Crippen molar-refractivity contribution in [2.45, 2.75) is 32.4 Å². The highest BCUT2D eigenvalue weighted by atomic mass is 32.1. The molecule has 2 rings (SSSR count). The van der Waals surface area contributed by atoms with Gasteiger partial charge in [0.05, 0.1) is 6.54 Å². The van der Waals surface area contributed by atoms with Crippen molar-refractivity contribution in [2.24, 2.45) is 5.73 Å². The van der Waals surface area contributed by atoms with Gasteiger partial charge in [-0.2, -0.15) is 0 Å². The average molecular weight is 312 g/mol. The maximum absolute atomic E-state index is 12.0. The Morgan fingerprint density at radius 1 is 1.38 bits per heavy atom. The molecule has 1 aliphatic heterocycles. The number of nitrogens with two attached hydrogens (primary N) is 1. The number of carbonyl (C=O) groups is 2. The highest BCUT2D eigenvalue weighted by molar-refractivity contribution is 7.07. The summed E-state index contributed by atoms with van der Waals surface area (Å²) in [6.07, 6.45) is 1.58. The molecule has 0 saturated carbocycles. The maximum Gasteiger partial charge on any atom is 0.307 e. The Kier molecular flexibility index (Phi) is 5.13. The minimum Gasteiger partial charge on any atom is -0.369 e. The molecule has 3 N–H and O–H groups in total. The summed E-state index contributed by atoms with van der Waals surface area (Å²) < 4.78 is 1.47. The molecule has 2 heterocycles. The van der Waals surface area contributed by atoms with Crippen molar-refractivity contribution in [3.8, 4) is 0 Å². The lowest BCUT2D eigenvalue weighted by Crippen LogP contribution is -2.47. The molecule has 21 heavy (non-hydrogen) atoms. The Balaban J connectivity index is 1.80. The zero-order valence-corrected chi connectivity index (χ0v) is 12.8. The van der Waals surface area contributed by atoms with E-state index in [1.807, 2.05) is 11.8 Å². The fraction of sp³-hybridized carbons (Fsp3) is 0.615. The molecular weight excluding hydrogens is 292 g/mol. The van der Waals surface area contributed by atoms with Crippen LogP contribution in [0, 0.1) is 6.92 Å². The molecule has 0 spiro atoms. The SMILES string of the molecule is Cc1csc(=O)n1CC(=O)NC1CCN(CC(N)=O)CC1. The van der Waals surface area contributed by atoms with Gasteiger partial charge in [0.15, 0.2) is 0 Å². The molecule has 1 fully saturated rings. The maximum atomic E-state index is 12.0. The van der Waals surface area contributed by atoms with Crippen molar-refractivity contribution in [3.63, 3.8) is 0 Å².